The second kappa shape index (κ2) is 5.49. The Bertz CT molecular complexity index is 282. The summed E-state index contributed by atoms with van der Waals surface area (Å²) in [6, 6.07) is 0. The fraction of sp³-hybridized carbons (Fsp3) is 1.00. The van der Waals surface area contributed by atoms with Crippen molar-refractivity contribution in [2.24, 2.45) is 0 Å². The predicted octanol–water partition coefficient (Wildman–Crippen LogP) is 2.70. The van der Waals surface area contributed by atoms with E-state index >= 15 is 0 Å². The monoisotopic (exact) mass is 576 g/mol. The van der Waals surface area contributed by atoms with Gasteiger partial charge in [0.15, 0.2) is 0 Å². The summed E-state index contributed by atoms with van der Waals surface area (Å²) in [5, 5.41) is 0. The van der Waals surface area contributed by atoms with Crippen molar-refractivity contribution in [1.82, 2.24) is 0 Å². The third-order valence-electron chi connectivity index (χ3n) is 1.62. The van der Waals surface area contributed by atoms with E-state index in [1.165, 1.54) is 0 Å². The van der Waals surface area contributed by atoms with Crippen molar-refractivity contribution in [3.05, 3.63) is 0 Å². The Morgan fingerprint density at radius 3 is 0.450 bits per heavy atom. The first-order valence-electron chi connectivity index (χ1n) is 3.96. The van der Waals surface area contributed by atoms with Gasteiger partial charge in [-0.25, -0.2) is 0 Å². The van der Waals surface area contributed by atoms with Crippen LogP contribution in [-0.4, -0.2) is 61.9 Å². The van der Waals surface area contributed by atoms with E-state index in [-0.39, 0.29) is 0 Å². The van der Waals surface area contributed by atoms with Gasteiger partial charge in [0.25, 0.3) is 0 Å². The molecule has 1 fully saturated rings. The fourth-order valence-electron chi connectivity index (χ4n) is 1.15. The van der Waals surface area contributed by atoms with Gasteiger partial charge in [0.1, 0.15) is 0 Å². The van der Waals surface area contributed by atoms with E-state index in [1.807, 2.05) is 0 Å². The summed E-state index contributed by atoms with van der Waals surface area (Å²) in [5.41, 5.74) is 0. The van der Waals surface area contributed by atoms with Crippen LogP contribution in [0, 0.1) is 0 Å². The molecule has 0 spiro atoms. The van der Waals surface area contributed by atoms with Gasteiger partial charge in [-0.05, 0) is 0 Å². The molecular formula is C4As4F12. The van der Waals surface area contributed by atoms with Crippen molar-refractivity contribution < 1.29 is 52.7 Å². The van der Waals surface area contributed by atoms with E-state index in [0.29, 0.717) is 0 Å². The van der Waals surface area contributed by atoms with Crippen LogP contribution in [-0.2, 0) is 0 Å². The van der Waals surface area contributed by atoms with E-state index in [1.54, 1.807) is 0 Å². The molecule has 0 aromatic heterocycles. The maximum absolute atomic E-state index is 12.4. The van der Waals surface area contributed by atoms with Crippen molar-refractivity contribution >= 4 is 42.1 Å². The Hall–Kier alpha value is 1.39. The third kappa shape index (κ3) is 3.83. The third-order valence-corrected chi connectivity index (χ3v) is 197. The van der Waals surface area contributed by atoms with E-state index < -0.39 is 61.9 Å². The number of hydrogen-bond acceptors (Lipinski definition) is 0. The second-order valence-corrected chi connectivity index (χ2v) is 77.9. The van der Waals surface area contributed by atoms with Crippen molar-refractivity contribution in [3.8, 4) is 0 Å². The Morgan fingerprint density at radius 1 is 0.300 bits per heavy atom. The molecule has 0 amide bonds. The molecule has 1 saturated heterocycles. The van der Waals surface area contributed by atoms with Gasteiger partial charge in [0.05, 0.1) is 0 Å². The summed E-state index contributed by atoms with van der Waals surface area (Å²) in [4.78, 5) is -22.9. The Labute approximate surface area is 114 Å². The van der Waals surface area contributed by atoms with Gasteiger partial charge in [0, 0.05) is 0 Å². The summed E-state index contributed by atoms with van der Waals surface area (Å²) in [5.74, 6) is 0. The zero-order valence-electron chi connectivity index (χ0n) is 8.32. The summed E-state index contributed by atoms with van der Waals surface area (Å²) in [6.07, 6.45) is 0. The zero-order valence-corrected chi connectivity index (χ0v) is 15.8. The molecule has 16 heteroatoms. The normalized spacial score (nSPS) is 33.0. The first-order chi connectivity index (χ1) is 8.49. The topological polar surface area (TPSA) is 0 Å². The summed E-state index contributed by atoms with van der Waals surface area (Å²) in [6.45, 7) is 0. The van der Waals surface area contributed by atoms with E-state index in [2.05, 4.69) is 0 Å². The second-order valence-electron chi connectivity index (χ2n) is 3.03. The Morgan fingerprint density at radius 2 is 0.400 bits per heavy atom. The molecule has 1 aliphatic heterocycles. The van der Waals surface area contributed by atoms with Crippen molar-refractivity contribution in [2.75, 3.05) is 0 Å². The average Bonchev–Trinajstić information content (AvgIpc) is 1.86. The van der Waals surface area contributed by atoms with Gasteiger partial charge < -0.3 is 0 Å². The van der Waals surface area contributed by atoms with Crippen LogP contribution in [0.4, 0.5) is 52.7 Å². The number of alkyl halides is 12. The molecule has 20 heavy (non-hydrogen) atoms. The number of hydrogen-bond donors (Lipinski definition) is 0. The first kappa shape index (κ1) is 19.4. The predicted molar refractivity (Wildman–Crippen MR) is 47.2 cm³/mol. The van der Waals surface area contributed by atoms with Crippen LogP contribution in [0.5, 0.6) is 0 Å². The van der Waals surface area contributed by atoms with Crippen LogP contribution < -0.4 is 0 Å². The number of halogens is 12. The summed E-state index contributed by atoms with van der Waals surface area (Å²) in [7, 11) is -22.1. The van der Waals surface area contributed by atoms with Crippen molar-refractivity contribution in [3.63, 3.8) is 0 Å². The van der Waals surface area contributed by atoms with Crippen LogP contribution in [0.15, 0.2) is 0 Å². The maximum atomic E-state index is 12.4. The van der Waals surface area contributed by atoms with Crippen molar-refractivity contribution in [1.29, 1.82) is 0 Å². The molecule has 1 aliphatic rings. The van der Waals surface area contributed by atoms with Gasteiger partial charge in [-0.2, -0.15) is 0 Å². The molecule has 0 atom stereocenters. The van der Waals surface area contributed by atoms with Gasteiger partial charge in [-0.3, -0.25) is 0 Å². The first-order valence-corrected chi connectivity index (χ1v) is 28.5. The van der Waals surface area contributed by atoms with Crippen LogP contribution in [0.1, 0.15) is 0 Å². The van der Waals surface area contributed by atoms with Gasteiger partial charge >= 0.3 is 115 Å². The Kier molecular flexibility index (Phi) is 5.33. The molecule has 0 aliphatic carbocycles. The van der Waals surface area contributed by atoms with Crippen LogP contribution in [0.2, 0.25) is 0 Å². The zero-order chi connectivity index (χ0) is 16.3. The minimum atomic E-state index is -5.73. The molecule has 120 valence electrons. The summed E-state index contributed by atoms with van der Waals surface area (Å²) < 4.78 is 149. The quantitative estimate of drug-likeness (QED) is 0.308. The SMILES string of the molecule is FC(F)(F)[As]1[As](C(F)(F)F)[As](C(F)(F)F)[As]1C(F)(F)F. The van der Waals surface area contributed by atoms with Gasteiger partial charge in [-0.15, -0.1) is 0 Å². The molecule has 0 N–H and O–H groups in total. The van der Waals surface area contributed by atoms with Crippen LogP contribution in [0.25, 0.3) is 0 Å². The Balaban J connectivity index is 3.33. The van der Waals surface area contributed by atoms with E-state index in [4.69, 9.17) is 0 Å². The number of rotatable bonds is 0. The van der Waals surface area contributed by atoms with E-state index in [9.17, 15) is 52.7 Å². The van der Waals surface area contributed by atoms with Crippen LogP contribution >= 0.6 is 0 Å². The molecule has 0 aromatic carbocycles. The molecular weight excluding hydrogens is 576 g/mol. The average molecular weight is 576 g/mol. The van der Waals surface area contributed by atoms with Crippen molar-refractivity contribution in [2.45, 2.75) is 19.9 Å². The summed E-state index contributed by atoms with van der Waals surface area (Å²) >= 11 is 0. The van der Waals surface area contributed by atoms with Gasteiger partial charge in [-0.1, -0.05) is 0 Å². The molecule has 0 unspecified atom stereocenters. The molecule has 0 bridgehead atoms. The fourth-order valence-corrected chi connectivity index (χ4v) is 228. The van der Waals surface area contributed by atoms with E-state index in [0.717, 1.165) is 0 Å². The molecule has 0 nitrogen and oxygen atoms in total. The minimum absolute atomic E-state index is 5.52. The molecule has 0 saturated carbocycles. The standard InChI is InChI=1S/C4As4F12/c9-1(10,11)5-6(2(12,13)14)8(4(18,19)20)7(5)3(15,16)17. The van der Waals surface area contributed by atoms with Crippen LogP contribution in [0.3, 0.4) is 0 Å². The molecule has 1 heterocycles. The molecule has 1 rings (SSSR count). The molecule has 0 aromatic rings. The van der Waals surface area contributed by atoms with Gasteiger partial charge in [0.2, 0.25) is 0 Å². The molecule has 0 radical (unpaired) electrons.